The van der Waals surface area contributed by atoms with Gasteiger partial charge in [-0.2, -0.15) is 5.26 Å². The lowest BCUT2D eigenvalue weighted by Crippen LogP contribution is -2.17. The van der Waals surface area contributed by atoms with Crippen LogP contribution in [0.1, 0.15) is 26.2 Å². The number of hydrogen-bond acceptors (Lipinski definition) is 3. The third-order valence-electron chi connectivity index (χ3n) is 2.13. The molecule has 0 aromatic carbocycles. The lowest BCUT2D eigenvalue weighted by atomic mass is 10.0. The fourth-order valence-electron chi connectivity index (χ4n) is 1.28. The molecule has 0 radical (unpaired) electrons. The molecule has 0 N–H and O–H groups in total. The smallest absolute Gasteiger partial charge is 0.152 e. The zero-order valence-corrected chi connectivity index (χ0v) is 7.25. The number of rotatable bonds is 3. The molecular formula is C9H13NO2. The second kappa shape index (κ2) is 4.22. The molecule has 66 valence electrons. The predicted octanol–water partition coefficient (Wildman–Crippen LogP) is 1.28. The zero-order chi connectivity index (χ0) is 8.97. The van der Waals surface area contributed by atoms with Crippen molar-refractivity contribution in [3.05, 3.63) is 0 Å². The molecule has 1 aliphatic heterocycles. The van der Waals surface area contributed by atoms with Crippen molar-refractivity contribution in [2.75, 3.05) is 6.61 Å². The van der Waals surface area contributed by atoms with E-state index in [1.165, 1.54) is 0 Å². The number of carbonyl (C=O) groups is 1. The maximum absolute atomic E-state index is 11.2. The van der Waals surface area contributed by atoms with Crippen LogP contribution in [-0.4, -0.2) is 18.5 Å². The van der Waals surface area contributed by atoms with E-state index in [0.29, 0.717) is 6.42 Å². The summed E-state index contributed by atoms with van der Waals surface area (Å²) in [5.74, 6) is -0.474. The van der Waals surface area contributed by atoms with E-state index < -0.39 is 5.92 Å². The molecule has 0 bridgehead atoms. The van der Waals surface area contributed by atoms with E-state index >= 15 is 0 Å². The van der Waals surface area contributed by atoms with Gasteiger partial charge < -0.3 is 4.74 Å². The highest BCUT2D eigenvalue weighted by Crippen LogP contribution is 2.17. The second-order valence-corrected chi connectivity index (χ2v) is 3.16. The first-order valence-corrected chi connectivity index (χ1v) is 4.28. The van der Waals surface area contributed by atoms with Gasteiger partial charge in [0.25, 0.3) is 0 Å². The Kier molecular flexibility index (Phi) is 3.24. The summed E-state index contributed by atoms with van der Waals surface area (Å²) in [6.07, 6.45) is 2.49. The van der Waals surface area contributed by atoms with Crippen LogP contribution >= 0.6 is 0 Å². The highest BCUT2D eigenvalue weighted by Gasteiger charge is 2.21. The van der Waals surface area contributed by atoms with E-state index in [4.69, 9.17) is 10.00 Å². The maximum Gasteiger partial charge on any atom is 0.152 e. The topological polar surface area (TPSA) is 50.1 Å². The van der Waals surface area contributed by atoms with Gasteiger partial charge in [0.05, 0.1) is 12.2 Å². The van der Waals surface area contributed by atoms with Gasteiger partial charge in [-0.05, 0) is 19.8 Å². The largest absolute Gasteiger partial charge is 0.378 e. The van der Waals surface area contributed by atoms with Crippen LogP contribution in [-0.2, 0) is 9.53 Å². The van der Waals surface area contributed by atoms with E-state index in [0.717, 1.165) is 19.4 Å². The van der Waals surface area contributed by atoms with Gasteiger partial charge in [-0.3, -0.25) is 4.79 Å². The SMILES string of the molecule is CC(C#N)C(=O)CC1CCCO1. The highest BCUT2D eigenvalue weighted by molar-refractivity contribution is 5.83. The van der Waals surface area contributed by atoms with Crippen molar-refractivity contribution in [1.82, 2.24) is 0 Å². The van der Waals surface area contributed by atoms with Crippen LogP contribution in [0.3, 0.4) is 0 Å². The van der Waals surface area contributed by atoms with E-state index in [1.54, 1.807) is 6.92 Å². The minimum absolute atomic E-state index is 0.00407. The van der Waals surface area contributed by atoms with Crippen LogP contribution in [0.25, 0.3) is 0 Å². The van der Waals surface area contributed by atoms with E-state index in [-0.39, 0.29) is 11.9 Å². The zero-order valence-electron chi connectivity index (χ0n) is 7.25. The molecule has 2 unspecified atom stereocenters. The normalized spacial score (nSPS) is 24.8. The van der Waals surface area contributed by atoms with Crippen molar-refractivity contribution >= 4 is 5.78 Å². The molecule has 1 rings (SSSR count). The number of nitrogens with zero attached hydrogens (tertiary/aromatic N) is 1. The summed E-state index contributed by atoms with van der Waals surface area (Å²) in [6, 6.07) is 1.93. The van der Waals surface area contributed by atoms with Crippen molar-refractivity contribution in [3.63, 3.8) is 0 Å². The lowest BCUT2D eigenvalue weighted by molar-refractivity contribution is -0.123. The molecule has 0 aromatic heterocycles. The van der Waals surface area contributed by atoms with Gasteiger partial charge >= 0.3 is 0 Å². The highest BCUT2D eigenvalue weighted by atomic mass is 16.5. The molecule has 0 spiro atoms. The molecule has 0 aliphatic carbocycles. The average molecular weight is 167 g/mol. The van der Waals surface area contributed by atoms with Crippen molar-refractivity contribution in [2.45, 2.75) is 32.3 Å². The lowest BCUT2D eigenvalue weighted by Gasteiger charge is -2.08. The first kappa shape index (κ1) is 9.21. The molecule has 1 saturated heterocycles. The minimum Gasteiger partial charge on any atom is -0.378 e. The fraction of sp³-hybridized carbons (Fsp3) is 0.778. The Labute approximate surface area is 72.3 Å². The Bertz CT molecular complexity index is 201. The monoisotopic (exact) mass is 167 g/mol. The first-order valence-electron chi connectivity index (χ1n) is 4.28. The van der Waals surface area contributed by atoms with E-state index in [2.05, 4.69) is 0 Å². The fourth-order valence-corrected chi connectivity index (χ4v) is 1.28. The molecule has 3 nitrogen and oxygen atoms in total. The number of carbonyl (C=O) groups excluding carboxylic acids is 1. The summed E-state index contributed by atoms with van der Waals surface area (Å²) in [7, 11) is 0. The molecule has 0 aromatic rings. The van der Waals surface area contributed by atoms with Crippen molar-refractivity contribution in [3.8, 4) is 6.07 Å². The number of ether oxygens (including phenoxy) is 1. The Morgan fingerprint density at radius 2 is 2.58 bits per heavy atom. The molecule has 1 heterocycles. The van der Waals surface area contributed by atoms with Crippen molar-refractivity contribution in [2.24, 2.45) is 5.92 Å². The van der Waals surface area contributed by atoms with Crippen LogP contribution in [0.15, 0.2) is 0 Å². The average Bonchev–Trinajstić information content (AvgIpc) is 2.55. The predicted molar refractivity (Wildman–Crippen MR) is 43.4 cm³/mol. The summed E-state index contributed by atoms with van der Waals surface area (Å²) < 4.78 is 5.29. The Morgan fingerprint density at radius 3 is 3.08 bits per heavy atom. The summed E-state index contributed by atoms with van der Waals surface area (Å²) >= 11 is 0. The summed E-state index contributed by atoms with van der Waals surface area (Å²) in [5, 5.41) is 8.47. The standard InChI is InChI=1S/C9H13NO2/c1-7(6-10)9(11)5-8-3-2-4-12-8/h7-8H,2-5H2,1H3. The maximum atomic E-state index is 11.2. The van der Waals surface area contributed by atoms with Gasteiger partial charge in [0.2, 0.25) is 0 Å². The van der Waals surface area contributed by atoms with Crippen LogP contribution in [0, 0.1) is 17.2 Å². The number of ketones is 1. The molecule has 12 heavy (non-hydrogen) atoms. The van der Waals surface area contributed by atoms with Crippen LogP contribution in [0.2, 0.25) is 0 Å². The van der Waals surface area contributed by atoms with Crippen LogP contribution in [0.4, 0.5) is 0 Å². The summed E-state index contributed by atoms with van der Waals surface area (Å²) in [5.41, 5.74) is 0. The molecule has 0 amide bonds. The Hall–Kier alpha value is -0.880. The second-order valence-electron chi connectivity index (χ2n) is 3.16. The molecule has 0 saturated carbocycles. The number of hydrogen-bond donors (Lipinski definition) is 0. The van der Waals surface area contributed by atoms with Crippen LogP contribution < -0.4 is 0 Å². The Morgan fingerprint density at radius 1 is 1.83 bits per heavy atom. The van der Waals surface area contributed by atoms with Crippen molar-refractivity contribution in [1.29, 1.82) is 5.26 Å². The number of nitriles is 1. The van der Waals surface area contributed by atoms with E-state index in [1.807, 2.05) is 6.07 Å². The third-order valence-corrected chi connectivity index (χ3v) is 2.13. The third kappa shape index (κ3) is 2.31. The minimum atomic E-state index is -0.478. The molecule has 1 aliphatic rings. The van der Waals surface area contributed by atoms with Gasteiger partial charge in [-0.25, -0.2) is 0 Å². The van der Waals surface area contributed by atoms with Gasteiger partial charge in [-0.1, -0.05) is 0 Å². The molecule has 3 heteroatoms. The summed E-state index contributed by atoms with van der Waals surface area (Å²) in [6.45, 7) is 2.40. The first-order chi connectivity index (χ1) is 5.74. The van der Waals surface area contributed by atoms with Gasteiger partial charge in [0, 0.05) is 13.0 Å². The number of Topliss-reactive ketones (excluding diaryl/α,β-unsaturated/α-hetero) is 1. The molecule has 2 atom stereocenters. The van der Waals surface area contributed by atoms with E-state index in [9.17, 15) is 4.79 Å². The van der Waals surface area contributed by atoms with Crippen LogP contribution in [0.5, 0.6) is 0 Å². The Balaban J connectivity index is 2.31. The quantitative estimate of drug-likeness (QED) is 0.636. The van der Waals surface area contributed by atoms with Gasteiger partial charge in [0.15, 0.2) is 5.78 Å². The molecule has 1 fully saturated rings. The molecular weight excluding hydrogens is 154 g/mol. The van der Waals surface area contributed by atoms with Crippen molar-refractivity contribution < 1.29 is 9.53 Å². The van der Waals surface area contributed by atoms with Gasteiger partial charge in [-0.15, -0.1) is 0 Å². The summed E-state index contributed by atoms with van der Waals surface area (Å²) in [4.78, 5) is 11.2. The van der Waals surface area contributed by atoms with Gasteiger partial charge in [0.1, 0.15) is 5.92 Å².